The van der Waals surface area contributed by atoms with E-state index >= 15 is 0 Å². The average Bonchev–Trinajstić information content (AvgIpc) is 2.89. The molecule has 1 aromatic heterocycles. The van der Waals surface area contributed by atoms with Gasteiger partial charge < -0.3 is 9.63 Å². The Bertz CT molecular complexity index is 900. The summed E-state index contributed by atoms with van der Waals surface area (Å²) in [6.07, 6.45) is 1.14. The van der Waals surface area contributed by atoms with Crippen LogP contribution < -0.4 is 9.79 Å². The van der Waals surface area contributed by atoms with Crippen molar-refractivity contribution in [1.29, 1.82) is 0 Å². The topological polar surface area (TPSA) is 87.1 Å². The fourth-order valence-corrected chi connectivity index (χ4v) is 2.73. The van der Waals surface area contributed by atoms with E-state index in [9.17, 15) is 13.5 Å². The zero-order valence-corrected chi connectivity index (χ0v) is 12.4. The maximum Gasteiger partial charge on any atom is 0.270 e. The van der Waals surface area contributed by atoms with Crippen LogP contribution in [0.1, 0.15) is 0 Å². The van der Waals surface area contributed by atoms with Gasteiger partial charge in [-0.25, -0.2) is 8.42 Å². The Balaban J connectivity index is 2.11. The first-order valence-corrected chi connectivity index (χ1v) is 8.31. The van der Waals surface area contributed by atoms with E-state index in [0.29, 0.717) is 11.3 Å². The number of aromatic nitrogens is 2. The average molecular weight is 316 g/mol. The second kappa shape index (κ2) is 5.27. The minimum absolute atomic E-state index is 0.198. The van der Waals surface area contributed by atoms with Gasteiger partial charge in [-0.2, -0.15) is 0 Å². The van der Waals surface area contributed by atoms with Gasteiger partial charge in [0, 0.05) is 18.4 Å². The van der Waals surface area contributed by atoms with Gasteiger partial charge in [0.2, 0.25) is 5.69 Å². The van der Waals surface area contributed by atoms with Gasteiger partial charge in [0.05, 0.1) is 15.7 Å². The van der Waals surface area contributed by atoms with Gasteiger partial charge in [0.1, 0.15) is 0 Å². The summed E-state index contributed by atoms with van der Waals surface area (Å²) in [5.41, 5.74) is 1.49. The van der Waals surface area contributed by atoms with Crippen molar-refractivity contribution < 1.29 is 22.7 Å². The number of sulfone groups is 1. The largest absolute Gasteiger partial charge is 0.539 e. The number of benzene rings is 2. The van der Waals surface area contributed by atoms with Crippen molar-refractivity contribution in [3.63, 3.8) is 0 Å². The Hall–Kier alpha value is -2.67. The quantitative estimate of drug-likeness (QED) is 0.675. The van der Waals surface area contributed by atoms with E-state index in [2.05, 4.69) is 5.27 Å². The first kappa shape index (κ1) is 14.3. The van der Waals surface area contributed by atoms with E-state index in [0.717, 1.165) is 6.26 Å². The second-order valence-electron chi connectivity index (χ2n) is 4.75. The molecule has 6 nitrogen and oxygen atoms in total. The highest BCUT2D eigenvalue weighted by molar-refractivity contribution is 7.90. The first-order valence-electron chi connectivity index (χ1n) is 6.42. The number of nitrogens with zero attached hydrogens (tertiary/aromatic N) is 2. The van der Waals surface area contributed by atoms with Crippen LogP contribution in [0.15, 0.2) is 64.0 Å². The normalized spacial score (nSPS) is 11.5. The molecule has 0 N–H and O–H groups in total. The van der Waals surface area contributed by atoms with Gasteiger partial charge in [-0.15, -0.1) is 0 Å². The molecule has 22 heavy (non-hydrogen) atoms. The first-order chi connectivity index (χ1) is 10.5. The van der Waals surface area contributed by atoms with Gasteiger partial charge in [-0.1, -0.05) is 18.2 Å². The monoisotopic (exact) mass is 316 g/mol. The predicted molar refractivity (Wildman–Crippen MR) is 76.0 cm³/mol. The molecule has 0 radical (unpaired) electrons. The van der Waals surface area contributed by atoms with Crippen LogP contribution in [0, 0.1) is 0 Å². The van der Waals surface area contributed by atoms with Crippen molar-refractivity contribution in [3.05, 3.63) is 54.6 Å². The lowest BCUT2D eigenvalue weighted by atomic mass is 10.1. The zero-order chi connectivity index (χ0) is 15.7. The van der Waals surface area contributed by atoms with Crippen molar-refractivity contribution >= 4 is 9.84 Å². The number of rotatable bonds is 3. The molecule has 7 heteroatoms. The van der Waals surface area contributed by atoms with Crippen LogP contribution in [0.25, 0.3) is 16.9 Å². The van der Waals surface area contributed by atoms with Crippen LogP contribution in [0.4, 0.5) is 0 Å². The third-order valence-electron chi connectivity index (χ3n) is 3.17. The summed E-state index contributed by atoms with van der Waals surface area (Å²) in [5, 5.41) is 15.6. The summed E-state index contributed by atoms with van der Waals surface area (Å²) in [5.74, 6) is -0.557. The molecule has 3 rings (SSSR count). The minimum atomic E-state index is -3.27. The second-order valence-corrected chi connectivity index (χ2v) is 6.77. The molecule has 0 amide bonds. The highest BCUT2D eigenvalue weighted by Gasteiger charge is 2.22. The maximum atomic E-state index is 11.9. The summed E-state index contributed by atoms with van der Waals surface area (Å²) < 4.78 is 29.1. The molecule has 112 valence electrons. The molecule has 2 aromatic carbocycles. The van der Waals surface area contributed by atoms with Crippen LogP contribution in [-0.2, 0) is 9.84 Å². The Kier molecular flexibility index (Phi) is 3.42. The molecule has 0 spiro atoms. The van der Waals surface area contributed by atoms with Crippen molar-refractivity contribution in [3.8, 4) is 22.9 Å². The Morgan fingerprint density at radius 3 is 2.27 bits per heavy atom. The molecule has 0 aliphatic carbocycles. The summed E-state index contributed by atoms with van der Waals surface area (Å²) in [6.45, 7) is 0. The molecule has 0 saturated carbocycles. The van der Waals surface area contributed by atoms with Crippen molar-refractivity contribution in [2.24, 2.45) is 0 Å². The van der Waals surface area contributed by atoms with E-state index in [-0.39, 0.29) is 10.6 Å². The van der Waals surface area contributed by atoms with Crippen molar-refractivity contribution in [1.82, 2.24) is 5.27 Å². The molecular weight excluding hydrogens is 304 g/mol. The fraction of sp³-hybridized carbons (Fsp3) is 0.0667. The Labute approximate surface area is 127 Å². The number of hydrogen-bond donors (Lipinski definition) is 0. The third kappa shape index (κ3) is 2.58. The fourth-order valence-electron chi connectivity index (χ4n) is 2.10. The molecule has 1 heterocycles. The van der Waals surface area contributed by atoms with Crippen molar-refractivity contribution in [2.45, 2.75) is 4.90 Å². The smallest absolute Gasteiger partial charge is 0.270 e. The van der Waals surface area contributed by atoms with Gasteiger partial charge in [-0.3, -0.25) is 0 Å². The summed E-state index contributed by atoms with van der Waals surface area (Å²) in [7, 11) is -3.27. The summed E-state index contributed by atoms with van der Waals surface area (Å²) in [6, 6.07) is 15.1. The molecular formula is C15H12N2O4S. The lowest BCUT2D eigenvalue weighted by Crippen LogP contribution is -2.34. The molecule has 0 saturated heterocycles. The Morgan fingerprint density at radius 2 is 1.68 bits per heavy atom. The summed E-state index contributed by atoms with van der Waals surface area (Å²) >= 11 is 0. The van der Waals surface area contributed by atoms with Gasteiger partial charge in [-0.05, 0) is 28.9 Å². The van der Waals surface area contributed by atoms with Crippen LogP contribution >= 0.6 is 0 Å². The van der Waals surface area contributed by atoms with Crippen molar-refractivity contribution in [2.75, 3.05) is 6.26 Å². The zero-order valence-electron chi connectivity index (χ0n) is 11.6. The highest BCUT2D eigenvalue weighted by atomic mass is 32.2. The van der Waals surface area contributed by atoms with Crippen LogP contribution in [0.2, 0.25) is 0 Å². The standard InChI is InChI=1S/C15H12N2O4S/c1-22(19,20)13-9-7-12(8-10-13)17-14(15(18)21-16-17)11-5-3-2-4-6-11/h2-10H,1H3. The van der Waals surface area contributed by atoms with Gasteiger partial charge >= 0.3 is 0 Å². The molecule has 3 aromatic rings. The van der Waals surface area contributed by atoms with Gasteiger partial charge in [0.25, 0.3) is 5.69 Å². The number of hydrogen-bond acceptors (Lipinski definition) is 5. The maximum absolute atomic E-state index is 11.9. The minimum Gasteiger partial charge on any atom is -0.539 e. The Morgan fingerprint density at radius 1 is 1.05 bits per heavy atom. The lowest BCUT2D eigenvalue weighted by Gasteiger charge is -1.99. The van der Waals surface area contributed by atoms with Crippen LogP contribution in [0.3, 0.4) is 0 Å². The lowest BCUT2D eigenvalue weighted by molar-refractivity contribution is -0.660. The molecule has 0 atom stereocenters. The molecule has 0 fully saturated rings. The third-order valence-corrected chi connectivity index (χ3v) is 4.30. The van der Waals surface area contributed by atoms with Crippen LogP contribution in [0.5, 0.6) is 5.95 Å². The highest BCUT2D eigenvalue weighted by Crippen LogP contribution is 2.24. The van der Waals surface area contributed by atoms with E-state index in [1.807, 2.05) is 6.07 Å². The summed E-state index contributed by atoms with van der Waals surface area (Å²) in [4.78, 5) is 0.198. The van der Waals surface area contributed by atoms with E-state index in [1.54, 1.807) is 36.4 Å². The molecule has 0 aliphatic rings. The molecule has 0 bridgehead atoms. The van der Waals surface area contributed by atoms with E-state index in [1.165, 1.54) is 16.8 Å². The van der Waals surface area contributed by atoms with Gasteiger partial charge in [0.15, 0.2) is 15.8 Å². The molecule has 0 unspecified atom stereocenters. The van der Waals surface area contributed by atoms with E-state index in [4.69, 9.17) is 4.52 Å². The van der Waals surface area contributed by atoms with E-state index < -0.39 is 15.8 Å². The SMILES string of the molecule is CS(=O)(=O)c1ccc(-[n+]2noc([O-])c2-c2ccccc2)cc1. The predicted octanol–water partition coefficient (Wildman–Crippen LogP) is 1.10. The molecule has 0 aliphatic heterocycles. The van der Waals surface area contributed by atoms with Crippen LogP contribution in [-0.4, -0.2) is 19.9 Å².